The Morgan fingerprint density at radius 2 is 1.97 bits per heavy atom. The molecule has 2 aromatic carbocycles. The van der Waals surface area contributed by atoms with Crippen molar-refractivity contribution in [2.45, 2.75) is 25.4 Å². The summed E-state index contributed by atoms with van der Waals surface area (Å²) < 4.78 is 30.2. The number of aromatic amines is 2. The van der Waals surface area contributed by atoms with E-state index in [2.05, 4.69) is 25.4 Å². The number of aromatic nitrogens is 5. The first kappa shape index (κ1) is 22.7. The molecule has 3 aromatic heterocycles. The molecule has 186 valence electrons. The Bertz CT molecular complexity index is 1820. The molecule has 3 heterocycles. The fraction of sp³-hybridized carbons (Fsp3) is 0.154. The zero-order chi connectivity index (χ0) is 25.5. The predicted molar refractivity (Wildman–Crippen MR) is 133 cm³/mol. The molecule has 37 heavy (non-hydrogen) atoms. The zero-order valence-corrected chi connectivity index (χ0v) is 19.4. The van der Waals surface area contributed by atoms with Crippen molar-refractivity contribution in [3.8, 4) is 17.0 Å². The van der Waals surface area contributed by atoms with Crippen molar-refractivity contribution in [1.82, 2.24) is 24.6 Å². The monoisotopic (exact) mass is 501 g/mol. The lowest BCUT2D eigenvalue weighted by atomic mass is 9.99. The molecule has 4 N–H and O–H groups in total. The Balaban J connectivity index is 1.41. The minimum atomic E-state index is -0.537. The molecule has 0 atom stereocenters. The summed E-state index contributed by atoms with van der Waals surface area (Å²) in [6.07, 6.45) is 5.11. The number of hydrogen-bond acceptors (Lipinski definition) is 6. The van der Waals surface area contributed by atoms with Gasteiger partial charge in [-0.25, -0.2) is 18.6 Å². The summed E-state index contributed by atoms with van der Waals surface area (Å²) >= 11 is 0. The average Bonchev–Trinajstić information content (AvgIpc) is 3.51. The molecular weight excluding hydrogens is 480 g/mol. The minimum Gasteiger partial charge on any atom is -0.493 e. The van der Waals surface area contributed by atoms with Crippen LogP contribution in [0.4, 0.5) is 14.6 Å². The van der Waals surface area contributed by atoms with Gasteiger partial charge in [0.05, 0.1) is 12.2 Å². The van der Waals surface area contributed by atoms with Crippen LogP contribution in [0.15, 0.2) is 64.5 Å². The van der Waals surface area contributed by atoms with Gasteiger partial charge in [-0.15, -0.1) is 0 Å². The molecule has 0 unspecified atom stereocenters. The molecule has 9 nitrogen and oxygen atoms in total. The lowest BCUT2D eigenvalue weighted by Crippen LogP contribution is -2.20. The number of H-pyrrole nitrogens is 2. The van der Waals surface area contributed by atoms with Crippen molar-refractivity contribution in [2.24, 2.45) is 4.99 Å². The third kappa shape index (κ3) is 4.58. The molecule has 0 saturated heterocycles. The maximum absolute atomic E-state index is 14.5. The van der Waals surface area contributed by atoms with Gasteiger partial charge in [-0.2, -0.15) is 9.61 Å². The van der Waals surface area contributed by atoms with Crippen LogP contribution in [0.1, 0.15) is 24.1 Å². The van der Waals surface area contributed by atoms with Crippen LogP contribution in [-0.2, 0) is 6.54 Å². The zero-order valence-electron chi connectivity index (χ0n) is 19.4. The molecule has 0 spiro atoms. The fourth-order valence-corrected chi connectivity index (χ4v) is 4.11. The second-order valence-corrected chi connectivity index (χ2v) is 8.82. The lowest BCUT2D eigenvalue weighted by molar-refractivity contribution is 0.454. The van der Waals surface area contributed by atoms with Gasteiger partial charge >= 0.3 is 5.69 Å². The number of hydrogen-bond donors (Lipinski definition) is 4. The summed E-state index contributed by atoms with van der Waals surface area (Å²) in [5.41, 5.74) is 2.14. The van der Waals surface area contributed by atoms with Crippen LogP contribution in [-0.4, -0.2) is 35.7 Å². The van der Waals surface area contributed by atoms with Crippen LogP contribution in [0.25, 0.3) is 22.9 Å². The summed E-state index contributed by atoms with van der Waals surface area (Å²) in [6.45, 7) is 0.245. The fourth-order valence-electron chi connectivity index (χ4n) is 4.11. The number of benzene rings is 2. The molecule has 0 radical (unpaired) electrons. The van der Waals surface area contributed by atoms with E-state index in [1.165, 1.54) is 18.2 Å². The molecule has 1 aliphatic carbocycles. The SMILES string of the molecule is O=c1[nH]c(O)c(C=c2cnn3c(=NC4CC4)cc(NCc4ccc(F)cc4-c4ccccc4F)nc23)[nH]1. The number of nitrogens with one attached hydrogen (secondary N) is 3. The van der Waals surface area contributed by atoms with Gasteiger partial charge in [0.25, 0.3) is 0 Å². The van der Waals surface area contributed by atoms with E-state index in [0.717, 1.165) is 12.8 Å². The normalized spacial score (nSPS) is 14.5. The van der Waals surface area contributed by atoms with Crippen molar-refractivity contribution < 1.29 is 13.9 Å². The Kier molecular flexibility index (Phi) is 5.52. The van der Waals surface area contributed by atoms with Crippen LogP contribution in [0, 0.1) is 11.6 Å². The Morgan fingerprint density at radius 1 is 1.14 bits per heavy atom. The number of aromatic hydroxyl groups is 1. The first-order valence-corrected chi connectivity index (χ1v) is 11.7. The standard InChI is InChI=1S/C26H21F2N7O2/c27-16-6-5-14(19(10-16)18-3-1-2-4-20(18)28)12-29-22-11-23(31-17-7-8-17)35-24(33-22)15(13-30-35)9-21-25(36)34-26(37)32-21/h1-6,9-11,13,17,29,36H,7-8,12H2,(H2,32,34,37). The van der Waals surface area contributed by atoms with Gasteiger partial charge in [-0.3, -0.25) is 9.98 Å². The first-order chi connectivity index (χ1) is 17.9. The number of anilines is 1. The summed E-state index contributed by atoms with van der Waals surface area (Å²) in [6, 6.07) is 12.5. The first-order valence-electron chi connectivity index (χ1n) is 11.7. The van der Waals surface area contributed by atoms with Gasteiger partial charge in [-0.05, 0) is 48.2 Å². The maximum Gasteiger partial charge on any atom is 0.326 e. The van der Waals surface area contributed by atoms with Gasteiger partial charge in [0.2, 0.25) is 5.88 Å². The summed E-state index contributed by atoms with van der Waals surface area (Å²) in [4.78, 5) is 25.7. The van der Waals surface area contributed by atoms with Gasteiger partial charge in [0, 0.05) is 23.4 Å². The highest BCUT2D eigenvalue weighted by Crippen LogP contribution is 2.28. The molecule has 1 saturated carbocycles. The highest BCUT2D eigenvalue weighted by Gasteiger charge is 2.20. The average molecular weight is 501 g/mol. The molecular formula is C26H21F2N7O2. The van der Waals surface area contributed by atoms with E-state index in [4.69, 9.17) is 4.99 Å². The molecule has 6 rings (SSSR count). The smallest absolute Gasteiger partial charge is 0.326 e. The molecule has 1 fully saturated rings. The molecule has 5 aromatic rings. The van der Waals surface area contributed by atoms with E-state index >= 15 is 0 Å². The Morgan fingerprint density at radius 3 is 2.73 bits per heavy atom. The van der Waals surface area contributed by atoms with Crippen molar-refractivity contribution in [1.29, 1.82) is 0 Å². The largest absolute Gasteiger partial charge is 0.493 e. The third-order valence-corrected chi connectivity index (χ3v) is 6.07. The van der Waals surface area contributed by atoms with E-state index in [0.29, 0.717) is 38.9 Å². The number of imidazole rings is 1. The second-order valence-electron chi connectivity index (χ2n) is 8.82. The lowest BCUT2D eigenvalue weighted by Gasteiger charge is -2.13. The highest BCUT2D eigenvalue weighted by atomic mass is 19.1. The van der Waals surface area contributed by atoms with E-state index in [9.17, 15) is 18.7 Å². The molecule has 11 heteroatoms. The number of fused-ring (bicyclic) bond motifs is 1. The maximum atomic E-state index is 14.5. The number of halogens is 2. The van der Waals surface area contributed by atoms with Crippen molar-refractivity contribution in [3.63, 3.8) is 0 Å². The quantitative estimate of drug-likeness (QED) is 0.285. The second kappa shape index (κ2) is 9.01. The molecule has 1 aliphatic rings. The van der Waals surface area contributed by atoms with Crippen LogP contribution in [0.2, 0.25) is 0 Å². The van der Waals surface area contributed by atoms with Gasteiger partial charge < -0.3 is 15.4 Å². The minimum absolute atomic E-state index is 0.196. The van der Waals surface area contributed by atoms with Gasteiger partial charge in [0.15, 0.2) is 11.1 Å². The van der Waals surface area contributed by atoms with Crippen LogP contribution in [0.3, 0.4) is 0 Å². The Hall–Kier alpha value is -4.80. The van der Waals surface area contributed by atoms with Crippen molar-refractivity contribution in [2.75, 3.05) is 5.32 Å². The number of rotatable bonds is 6. The van der Waals surface area contributed by atoms with Crippen molar-refractivity contribution in [3.05, 3.63) is 98.8 Å². The molecule has 0 amide bonds. The predicted octanol–water partition coefficient (Wildman–Crippen LogP) is 2.62. The van der Waals surface area contributed by atoms with Gasteiger partial charge in [-0.1, -0.05) is 24.3 Å². The van der Waals surface area contributed by atoms with E-state index in [1.807, 2.05) is 0 Å². The van der Waals surface area contributed by atoms with Crippen LogP contribution in [0.5, 0.6) is 5.88 Å². The van der Waals surface area contributed by atoms with Crippen LogP contribution < -0.4 is 21.7 Å². The van der Waals surface area contributed by atoms with E-state index in [-0.39, 0.29) is 24.2 Å². The molecule has 0 bridgehead atoms. The highest BCUT2D eigenvalue weighted by molar-refractivity contribution is 5.68. The molecule has 0 aliphatic heterocycles. The summed E-state index contributed by atoms with van der Waals surface area (Å²) in [7, 11) is 0. The van der Waals surface area contributed by atoms with Gasteiger partial charge in [0.1, 0.15) is 23.1 Å². The van der Waals surface area contributed by atoms with E-state index < -0.39 is 17.3 Å². The topological polar surface area (TPSA) is 123 Å². The van der Waals surface area contributed by atoms with Crippen molar-refractivity contribution >= 4 is 17.5 Å². The third-order valence-electron chi connectivity index (χ3n) is 6.07. The van der Waals surface area contributed by atoms with Crippen LogP contribution >= 0.6 is 0 Å². The Labute approximate surface area is 207 Å². The summed E-state index contributed by atoms with van der Waals surface area (Å²) in [5.74, 6) is -0.710. The summed E-state index contributed by atoms with van der Waals surface area (Å²) in [5, 5.41) is 18.2. The van der Waals surface area contributed by atoms with E-state index in [1.54, 1.807) is 47.1 Å². The number of nitrogens with zero attached hydrogens (tertiary/aromatic N) is 4.